The molecular formula is C35H46N2O7. The van der Waals surface area contributed by atoms with Gasteiger partial charge in [0.25, 0.3) is 11.4 Å². The minimum atomic E-state index is -0.813. The minimum absolute atomic E-state index is 0.0832. The lowest BCUT2D eigenvalue weighted by Gasteiger charge is -2.44. The van der Waals surface area contributed by atoms with Crippen LogP contribution in [-0.4, -0.2) is 32.6 Å². The molecule has 238 valence electrons. The Bertz CT molecular complexity index is 1370. The molecule has 0 saturated heterocycles. The summed E-state index contributed by atoms with van der Waals surface area (Å²) in [6, 6.07) is 2.85. The molecule has 0 heterocycles. The molecule has 3 aliphatic carbocycles. The molecule has 3 fully saturated rings. The molecule has 0 radical (unpaired) electrons. The van der Waals surface area contributed by atoms with E-state index in [1.165, 1.54) is 18.4 Å². The number of hydrogen-bond acceptors (Lipinski definition) is 7. The van der Waals surface area contributed by atoms with Gasteiger partial charge in [0, 0.05) is 24.5 Å². The molecule has 6 atom stereocenters. The second-order valence-electron chi connectivity index (χ2n) is 13.8. The standard InChI is InChI=1S/C35H46N2O7/c1-22-10-14-30(44-33(38)27-18-28(36(40)41)21-29(19-27)37(42)43)20-26(22)13-12-25-8-7-17-35(6)31(15-16-32(25)35)23(2)9-11-24(3)34(4,5)39/h9,11-13,18-19,21,23-24,30-32,39H,1,7-8,10,14-17,20H2,2-6H3/b11-9+,25-12+,26-13+/t23-,24+,30+,31+,32+,35+/m0/s1. The predicted octanol–water partition coefficient (Wildman–Crippen LogP) is 8.44. The first kappa shape index (κ1) is 33.3. The van der Waals surface area contributed by atoms with Crippen molar-refractivity contribution in [3.63, 3.8) is 0 Å². The normalized spacial score (nSPS) is 29.0. The third-order valence-electron chi connectivity index (χ3n) is 10.5. The Morgan fingerprint density at radius 1 is 1.07 bits per heavy atom. The topological polar surface area (TPSA) is 133 Å². The average Bonchev–Trinajstić information content (AvgIpc) is 3.32. The number of rotatable bonds is 9. The van der Waals surface area contributed by atoms with Crippen LogP contribution in [0, 0.1) is 49.3 Å². The van der Waals surface area contributed by atoms with Gasteiger partial charge in [-0.3, -0.25) is 20.2 Å². The van der Waals surface area contributed by atoms with Gasteiger partial charge in [0.2, 0.25) is 0 Å². The summed E-state index contributed by atoms with van der Waals surface area (Å²) >= 11 is 0. The molecule has 44 heavy (non-hydrogen) atoms. The van der Waals surface area contributed by atoms with E-state index in [-0.39, 0.29) is 16.9 Å². The van der Waals surface area contributed by atoms with E-state index in [0.717, 1.165) is 48.6 Å². The maximum atomic E-state index is 12.9. The van der Waals surface area contributed by atoms with Gasteiger partial charge in [-0.05, 0) is 87.5 Å². The SMILES string of the molecule is C=C1CC[C@@H](OC(=O)c2cc([N+](=O)[O-])cc([N+](=O)[O-])c2)C/C1=C\C=C1/CCC[C@@]2(C)[C@@H]1CC[C@@H]2[C@@H](C)/C=C/[C@@H](C)C(C)(C)O. The number of nitrogens with zero attached hydrogens (tertiary/aromatic N) is 2. The molecule has 0 aliphatic heterocycles. The number of carbonyl (C=O) groups excluding carboxylic acids is 1. The zero-order valence-corrected chi connectivity index (χ0v) is 26.6. The van der Waals surface area contributed by atoms with Crippen LogP contribution in [0.4, 0.5) is 11.4 Å². The van der Waals surface area contributed by atoms with Crippen LogP contribution in [-0.2, 0) is 4.74 Å². The van der Waals surface area contributed by atoms with Gasteiger partial charge in [0.05, 0.1) is 27.1 Å². The number of allylic oxidation sites excluding steroid dienone is 5. The van der Waals surface area contributed by atoms with Crippen molar-refractivity contribution < 1.29 is 24.5 Å². The number of non-ortho nitro benzene ring substituents is 2. The van der Waals surface area contributed by atoms with Crippen LogP contribution in [0.2, 0.25) is 0 Å². The average molecular weight is 607 g/mol. The molecule has 1 aromatic rings. The van der Waals surface area contributed by atoms with Gasteiger partial charge in [0.1, 0.15) is 6.10 Å². The summed E-state index contributed by atoms with van der Waals surface area (Å²) in [4.78, 5) is 33.9. The zero-order chi connectivity index (χ0) is 32.4. The van der Waals surface area contributed by atoms with E-state index in [2.05, 4.69) is 51.7 Å². The highest BCUT2D eigenvalue weighted by atomic mass is 16.6. The molecule has 3 aliphatic rings. The van der Waals surface area contributed by atoms with Gasteiger partial charge < -0.3 is 9.84 Å². The first-order valence-electron chi connectivity index (χ1n) is 15.7. The van der Waals surface area contributed by atoms with Gasteiger partial charge in [-0.25, -0.2) is 4.79 Å². The molecule has 1 N–H and O–H groups in total. The number of ether oxygens (including phenoxy) is 1. The summed E-state index contributed by atoms with van der Waals surface area (Å²) in [7, 11) is 0. The van der Waals surface area contributed by atoms with Crippen LogP contribution in [0.1, 0.15) is 96.3 Å². The van der Waals surface area contributed by atoms with Crippen molar-refractivity contribution in [3.8, 4) is 0 Å². The van der Waals surface area contributed by atoms with Crippen molar-refractivity contribution in [2.75, 3.05) is 0 Å². The molecule has 4 rings (SSSR count). The van der Waals surface area contributed by atoms with E-state index in [1.54, 1.807) is 0 Å². The summed E-state index contributed by atoms with van der Waals surface area (Å²) in [6.07, 6.45) is 15.8. The van der Waals surface area contributed by atoms with Crippen LogP contribution in [0.3, 0.4) is 0 Å². The number of nitro groups is 2. The highest BCUT2D eigenvalue weighted by Gasteiger charge is 2.50. The summed E-state index contributed by atoms with van der Waals surface area (Å²) < 4.78 is 5.69. The van der Waals surface area contributed by atoms with Crippen molar-refractivity contribution in [2.24, 2.45) is 29.1 Å². The van der Waals surface area contributed by atoms with E-state index in [4.69, 9.17) is 4.74 Å². The molecule has 0 amide bonds. The largest absolute Gasteiger partial charge is 0.458 e. The smallest absolute Gasteiger partial charge is 0.338 e. The second-order valence-corrected chi connectivity index (χ2v) is 13.8. The zero-order valence-electron chi connectivity index (χ0n) is 26.6. The van der Waals surface area contributed by atoms with Crippen molar-refractivity contribution in [1.29, 1.82) is 0 Å². The van der Waals surface area contributed by atoms with Crippen LogP contribution >= 0.6 is 0 Å². The van der Waals surface area contributed by atoms with E-state index < -0.39 is 38.9 Å². The van der Waals surface area contributed by atoms with Crippen molar-refractivity contribution >= 4 is 17.3 Å². The Hall–Kier alpha value is -3.59. The maximum Gasteiger partial charge on any atom is 0.338 e. The predicted molar refractivity (Wildman–Crippen MR) is 170 cm³/mol. The first-order chi connectivity index (χ1) is 20.6. The number of hydrogen-bond donors (Lipinski definition) is 1. The highest BCUT2D eigenvalue weighted by Crippen LogP contribution is 2.59. The summed E-state index contributed by atoms with van der Waals surface area (Å²) in [5.74, 6) is 0.781. The number of esters is 1. The molecule has 9 nitrogen and oxygen atoms in total. The van der Waals surface area contributed by atoms with Crippen molar-refractivity contribution in [3.05, 3.63) is 91.6 Å². The fourth-order valence-electron chi connectivity index (χ4n) is 7.48. The molecule has 1 aromatic carbocycles. The summed E-state index contributed by atoms with van der Waals surface area (Å²) in [5.41, 5.74) is 1.69. The van der Waals surface area contributed by atoms with Gasteiger partial charge in [0.15, 0.2) is 0 Å². The molecule has 0 aromatic heterocycles. The van der Waals surface area contributed by atoms with Crippen LogP contribution in [0.15, 0.2) is 65.8 Å². The lowest BCUT2D eigenvalue weighted by Crippen LogP contribution is -2.35. The number of fused-ring (bicyclic) bond motifs is 1. The number of benzene rings is 1. The van der Waals surface area contributed by atoms with Crippen LogP contribution < -0.4 is 0 Å². The molecule has 0 unspecified atom stereocenters. The fourth-order valence-corrected chi connectivity index (χ4v) is 7.48. The Morgan fingerprint density at radius 3 is 2.34 bits per heavy atom. The second kappa shape index (κ2) is 13.2. The Labute approximate surface area is 260 Å². The van der Waals surface area contributed by atoms with E-state index in [0.29, 0.717) is 37.0 Å². The third-order valence-corrected chi connectivity index (χ3v) is 10.5. The number of aliphatic hydroxyl groups is 1. The van der Waals surface area contributed by atoms with Crippen LogP contribution in [0.5, 0.6) is 0 Å². The van der Waals surface area contributed by atoms with Gasteiger partial charge in [-0.15, -0.1) is 0 Å². The Balaban J connectivity index is 1.47. The van der Waals surface area contributed by atoms with E-state index in [9.17, 15) is 30.1 Å². The van der Waals surface area contributed by atoms with E-state index >= 15 is 0 Å². The summed E-state index contributed by atoms with van der Waals surface area (Å²) in [5, 5.41) is 32.8. The molecular weight excluding hydrogens is 560 g/mol. The Kier molecular flexibility index (Phi) is 9.98. The van der Waals surface area contributed by atoms with Crippen LogP contribution in [0.25, 0.3) is 0 Å². The first-order valence-corrected chi connectivity index (χ1v) is 15.7. The number of carbonyl (C=O) groups is 1. The molecule has 3 saturated carbocycles. The Morgan fingerprint density at radius 2 is 1.73 bits per heavy atom. The fraction of sp³-hybridized carbons (Fsp3) is 0.571. The minimum Gasteiger partial charge on any atom is -0.458 e. The van der Waals surface area contributed by atoms with Crippen molar-refractivity contribution in [2.45, 2.75) is 97.7 Å². The summed E-state index contributed by atoms with van der Waals surface area (Å²) in [6.45, 7) is 14.8. The lowest BCUT2D eigenvalue weighted by atomic mass is 9.61. The highest BCUT2D eigenvalue weighted by molar-refractivity contribution is 5.91. The monoisotopic (exact) mass is 606 g/mol. The van der Waals surface area contributed by atoms with Crippen molar-refractivity contribution in [1.82, 2.24) is 0 Å². The lowest BCUT2D eigenvalue weighted by molar-refractivity contribution is -0.394. The quantitative estimate of drug-likeness (QED) is 0.129. The van der Waals surface area contributed by atoms with Gasteiger partial charge in [-0.1, -0.05) is 62.8 Å². The molecule has 0 bridgehead atoms. The third kappa shape index (κ3) is 7.37. The van der Waals surface area contributed by atoms with E-state index in [1.807, 2.05) is 13.8 Å². The number of nitro benzene ring substituents is 2. The maximum absolute atomic E-state index is 12.9. The van der Waals surface area contributed by atoms with Gasteiger partial charge >= 0.3 is 5.97 Å². The molecule has 9 heteroatoms. The molecule has 0 spiro atoms. The van der Waals surface area contributed by atoms with Gasteiger partial charge in [-0.2, -0.15) is 0 Å².